The number of rotatable bonds is 7. The Morgan fingerprint density at radius 3 is 2.32 bits per heavy atom. The summed E-state index contributed by atoms with van der Waals surface area (Å²) < 4.78 is 4.97. The van der Waals surface area contributed by atoms with Crippen LogP contribution >= 0.6 is 11.3 Å². The molecule has 5 heteroatoms. The monoisotopic (exact) mass is 434 g/mol. The maximum atomic E-state index is 12.1. The number of hydrogen-bond donors (Lipinski definition) is 0. The minimum Gasteiger partial charge on any atom is -0.469 e. The standard InChI is InChI=1S/C26H30N2O2S/c1-20(26(29)30-2)22-10-6-11-23(18-22)25(21-8-4-3-5-9-21)28-15-13-27(14-16-28)19-24-12-7-17-31-24/h3-12,17-18,20,25H,13-16,19H2,1-2H3. The van der Waals surface area contributed by atoms with E-state index in [4.69, 9.17) is 4.74 Å². The van der Waals surface area contributed by atoms with Crippen molar-refractivity contribution in [2.75, 3.05) is 33.3 Å². The summed E-state index contributed by atoms with van der Waals surface area (Å²) in [5, 5.41) is 2.15. The first kappa shape index (κ1) is 21.8. The number of esters is 1. The molecule has 31 heavy (non-hydrogen) atoms. The van der Waals surface area contributed by atoms with Gasteiger partial charge in [0.1, 0.15) is 0 Å². The summed E-state index contributed by atoms with van der Waals surface area (Å²) in [6, 6.07) is 23.7. The molecule has 2 unspecified atom stereocenters. The predicted molar refractivity (Wildman–Crippen MR) is 126 cm³/mol. The molecule has 2 atom stereocenters. The van der Waals surface area contributed by atoms with E-state index in [1.165, 1.54) is 23.1 Å². The number of nitrogens with zero attached hydrogens (tertiary/aromatic N) is 2. The van der Waals surface area contributed by atoms with Crippen molar-refractivity contribution >= 4 is 17.3 Å². The highest BCUT2D eigenvalue weighted by Gasteiger charge is 2.27. The molecule has 0 saturated carbocycles. The summed E-state index contributed by atoms with van der Waals surface area (Å²) in [5.41, 5.74) is 3.52. The highest BCUT2D eigenvalue weighted by atomic mass is 32.1. The molecule has 4 rings (SSSR count). The summed E-state index contributed by atoms with van der Waals surface area (Å²) in [6.45, 7) is 7.09. The zero-order valence-corrected chi connectivity index (χ0v) is 19.1. The van der Waals surface area contributed by atoms with Crippen LogP contribution in [0.2, 0.25) is 0 Å². The second-order valence-corrected chi connectivity index (χ2v) is 9.15. The van der Waals surface area contributed by atoms with Crippen molar-refractivity contribution in [3.63, 3.8) is 0 Å². The van der Waals surface area contributed by atoms with Crippen LogP contribution in [0.3, 0.4) is 0 Å². The summed E-state index contributed by atoms with van der Waals surface area (Å²) in [5.74, 6) is -0.473. The fourth-order valence-corrected chi connectivity index (χ4v) is 5.11. The molecule has 2 aromatic carbocycles. The van der Waals surface area contributed by atoms with Crippen molar-refractivity contribution in [2.24, 2.45) is 0 Å². The summed E-state index contributed by atoms with van der Waals surface area (Å²) in [4.78, 5) is 18.6. The number of thiophene rings is 1. The van der Waals surface area contributed by atoms with Crippen LogP contribution < -0.4 is 0 Å². The van der Waals surface area contributed by atoms with E-state index in [1.54, 1.807) is 0 Å². The van der Waals surface area contributed by atoms with Gasteiger partial charge in [-0.25, -0.2) is 0 Å². The summed E-state index contributed by atoms with van der Waals surface area (Å²) in [6.07, 6.45) is 0. The van der Waals surface area contributed by atoms with Crippen LogP contribution in [0.15, 0.2) is 72.1 Å². The molecular weight excluding hydrogens is 404 g/mol. The van der Waals surface area contributed by atoms with E-state index >= 15 is 0 Å². The van der Waals surface area contributed by atoms with Gasteiger partial charge in [0.25, 0.3) is 0 Å². The quantitative estimate of drug-likeness (QED) is 0.494. The van der Waals surface area contributed by atoms with Crippen LogP contribution in [0, 0.1) is 0 Å². The van der Waals surface area contributed by atoms with Crippen LogP contribution in [0.4, 0.5) is 0 Å². The average Bonchev–Trinajstić information content (AvgIpc) is 3.33. The van der Waals surface area contributed by atoms with E-state index < -0.39 is 0 Å². The lowest BCUT2D eigenvalue weighted by Crippen LogP contribution is -2.47. The summed E-state index contributed by atoms with van der Waals surface area (Å²) >= 11 is 1.83. The van der Waals surface area contributed by atoms with E-state index in [2.05, 4.69) is 75.8 Å². The molecule has 4 nitrogen and oxygen atoms in total. The van der Waals surface area contributed by atoms with E-state index in [1.807, 2.05) is 24.3 Å². The fourth-order valence-electron chi connectivity index (χ4n) is 4.36. The van der Waals surface area contributed by atoms with E-state index in [0.717, 1.165) is 38.3 Å². The Bertz CT molecular complexity index is 966. The first-order valence-corrected chi connectivity index (χ1v) is 11.7. The molecule has 1 fully saturated rings. The highest BCUT2D eigenvalue weighted by Crippen LogP contribution is 2.32. The SMILES string of the molecule is COC(=O)C(C)c1cccc(C(c2ccccc2)N2CCN(Cc3cccs3)CC2)c1. The van der Waals surface area contributed by atoms with Crippen LogP contribution in [0.5, 0.6) is 0 Å². The van der Waals surface area contributed by atoms with Crippen molar-refractivity contribution in [1.82, 2.24) is 9.80 Å². The van der Waals surface area contributed by atoms with Gasteiger partial charge in [-0.3, -0.25) is 14.6 Å². The Labute approximate surface area is 189 Å². The van der Waals surface area contributed by atoms with Crippen molar-refractivity contribution in [3.8, 4) is 0 Å². The third-order valence-corrected chi connectivity index (χ3v) is 6.99. The highest BCUT2D eigenvalue weighted by molar-refractivity contribution is 7.09. The van der Waals surface area contributed by atoms with Gasteiger partial charge in [-0.2, -0.15) is 0 Å². The first-order chi connectivity index (χ1) is 15.2. The van der Waals surface area contributed by atoms with Gasteiger partial charge in [-0.05, 0) is 35.1 Å². The Morgan fingerprint density at radius 2 is 1.65 bits per heavy atom. The van der Waals surface area contributed by atoms with Crippen LogP contribution in [-0.2, 0) is 16.1 Å². The minimum absolute atomic E-state index is 0.176. The topological polar surface area (TPSA) is 32.8 Å². The molecular formula is C26H30N2O2S. The average molecular weight is 435 g/mol. The Hall–Kier alpha value is -2.47. The van der Waals surface area contributed by atoms with Gasteiger partial charge < -0.3 is 4.74 Å². The number of methoxy groups -OCH3 is 1. The van der Waals surface area contributed by atoms with E-state index in [-0.39, 0.29) is 17.9 Å². The van der Waals surface area contributed by atoms with Crippen molar-refractivity contribution in [2.45, 2.75) is 25.4 Å². The molecule has 0 radical (unpaired) electrons. The lowest BCUT2D eigenvalue weighted by atomic mass is 9.92. The number of piperazine rings is 1. The van der Waals surface area contributed by atoms with Gasteiger partial charge in [0.05, 0.1) is 19.1 Å². The van der Waals surface area contributed by atoms with Crippen LogP contribution in [0.1, 0.15) is 40.5 Å². The fraction of sp³-hybridized carbons (Fsp3) is 0.346. The van der Waals surface area contributed by atoms with E-state index in [9.17, 15) is 4.79 Å². The first-order valence-electron chi connectivity index (χ1n) is 10.9. The molecule has 3 aromatic rings. The molecule has 1 aliphatic heterocycles. The number of hydrogen-bond acceptors (Lipinski definition) is 5. The van der Waals surface area contributed by atoms with Gasteiger partial charge in [-0.15, -0.1) is 11.3 Å². The predicted octanol–water partition coefficient (Wildman–Crippen LogP) is 4.93. The van der Waals surface area contributed by atoms with Gasteiger partial charge in [0, 0.05) is 37.6 Å². The number of benzene rings is 2. The van der Waals surface area contributed by atoms with Crippen molar-refractivity contribution in [1.29, 1.82) is 0 Å². The van der Waals surface area contributed by atoms with Crippen molar-refractivity contribution < 1.29 is 9.53 Å². The zero-order chi connectivity index (χ0) is 21.6. The molecule has 0 aliphatic carbocycles. The molecule has 1 aliphatic rings. The third-order valence-electron chi connectivity index (χ3n) is 6.13. The molecule has 0 spiro atoms. The largest absolute Gasteiger partial charge is 0.469 e. The lowest BCUT2D eigenvalue weighted by molar-refractivity contribution is -0.141. The molecule has 0 amide bonds. The molecule has 162 valence electrons. The van der Waals surface area contributed by atoms with Crippen molar-refractivity contribution in [3.05, 3.63) is 93.7 Å². The molecule has 0 bridgehead atoms. The maximum Gasteiger partial charge on any atom is 0.312 e. The van der Waals surface area contributed by atoms with E-state index in [0.29, 0.717) is 0 Å². The van der Waals surface area contributed by atoms with Gasteiger partial charge >= 0.3 is 5.97 Å². The zero-order valence-electron chi connectivity index (χ0n) is 18.2. The Kier molecular flexibility index (Phi) is 7.17. The van der Waals surface area contributed by atoms with Crippen LogP contribution in [-0.4, -0.2) is 49.1 Å². The maximum absolute atomic E-state index is 12.1. The normalized spacial score (nSPS) is 17.2. The second-order valence-electron chi connectivity index (χ2n) is 8.12. The smallest absolute Gasteiger partial charge is 0.312 e. The Morgan fingerprint density at radius 1 is 0.935 bits per heavy atom. The number of carbonyl (C=O) groups is 1. The number of ether oxygens (including phenoxy) is 1. The lowest BCUT2D eigenvalue weighted by Gasteiger charge is -2.40. The molecule has 1 saturated heterocycles. The molecule has 1 aromatic heterocycles. The number of carbonyl (C=O) groups excluding carboxylic acids is 1. The van der Waals surface area contributed by atoms with Crippen LogP contribution in [0.25, 0.3) is 0 Å². The summed E-state index contributed by atoms with van der Waals surface area (Å²) in [7, 11) is 1.45. The van der Waals surface area contributed by atoms with Gasteiger partial charge in [-0.1, -0.05) is 60.7 Å². The Balaban J connectivity index is 1.56. The van der Waals surface area contributed by atoms with Gasteiger partial charge in [0.15, 0.2) is 0 Å². The third kappa shape index (κ3) is 5.24. The molecule has 0 N–H and O–H groups in total. The second kappa shape index (κ2) is 10.2. The minimum atomic E-state index is -0.274. The van der Waals surface area contributed by atoms with Gasteiger partial charge in [0.2, 0.25) is 0 Å². The molecule has 2 heterocycles.